The molecular weight excluding hydrogens is 248 g/mol. The second kappa shape index (κ2) is 6.37. The van der Waals surface area contributed by atoms with Gasteiger partial charge in [-0.3, -0.25) is 11.3 Å². The lowest BCUT2D eigenvalue weighted by Crippen LogP contribution is -2.43. The van der Waals surface area contributed by atoms with Gasteiger partial charge in [0.15, 0.2) is 0 Å². The van der Waals surface area contributed by atoms with Gasteiger partial charge in [0.1, 0.15) is 0 Å². The van der Waals surface area contributed by atoms with Crippen LogP contribution >= 0.6 is 0 Å². The van der Waals surface area contributed by atoms with Crippen molar-refractivity contribution in [1.82, 2.24) is 15.0 Å². The number of imidazole rings is 1. The predicted molar refractivity (Wildman–Crippen MR) is 82.0 cm³/mol. The number of hydrogen-bond donors (Lipinski definition) is 2. The molecule has 1 saturated carbocycles. The predicted octanol–water partition coefficient (Wildman–Crippen LogP) is 2.84. The van der Waals surface area contributed by atoms with Crippen LogP contribution in [0.25, 0.3) is 11.0 Å². The lowest BCUT2D eigenvalue weighted by Gasteiger charge is -2.26. The zero-order valence-corrected chi connectivity index (χ0v) is 12.0. The molecule has 1 fully saturated rings. The second-order valence-electron chi connectivity index (χ2n) is 5.91. The van der Waals surface area contributed by atoms with Crippen LogP contribution in [-0.4, -0.2) is 15.6 Å². The van der Waals surface area contributed by atoms with Gasteiger partial charge in [0, 0.05) is 12.6 Å². The number of benzene rings is 1. The number of fused-ring (bicyclic) bond motifs is 1. The fourth-order valence-corrected chi connectivity index (χ4v) is 3.42. The van der Waals surface area contributed by atoms with E-state index >= 15 is 0 Å². The molecule has 0 aliphatic heterocycles. The van der Waals surface area contributed by atoms with E-state index in [0.29, 0.717) is 12.0 Å². The number of aromatic nitrogens is 2. The Morgan fingerprint density at radius 1 is 1.20 bits per heavy atom. The Balaban J connectivity index is 1.76. The zero-order valence-electron chi connectivity index (χ0n) is 12.0. The molecule has 1 aromatic heterocycles. The number of rotatable bonds is 4. The van der Waals surface area contributed by atoms with E-state index in [9.17, 15) is 0 Å². The van der Waals surface area contributed by atoms with Crippen LogP contribution in [0.1, 0.15) is 38.5 Å². The highest BCUT2D eigenvalue weighted by Crippen LogP contribution is 2.26. The third-order valence-electron chi connectivity index (χ3n) is 4.60. The van der Waals surface area contributed by atoms with Crippen LogP contribution in [0.5, 0.6) is 0 Å². The summed E-state index contributed by atoms with van der Waals surface area (Å²) in [4.78, 5) is 4.46. The Bertz CT molecular complexity index is 540. The molecule has 1 atom stereocenters. The highest BCUT2D eigenvalue weighted by molar-refractivity contribution is 5.74. The second-order valence-corrected chi connectivity index (χ2v) is 5.91. The molecule has 4 nitrogen and oxygen atoms in total. The van der Waals surface area contributed by atoms with Crippen LogP contribution in [0.15, 0.2) is 30.6 Å². The van der Waals surface area contributed by atoms with Crippen molar-refractivity contribution >= 4 is 11.0 Å². The molecule has 0 saturated heterocycles. The Morgan fingerprint density at radius 2 is 1.95 bits per heavy atom. The molecule has 0 spiro atoms. The van der Waals surface area contributed by atoms with Crippen LogP contribution in [0.2, 0.25) is 0 Å². The van der Waals surface area contributed by atoms with Crippen molar-refractivity contribution in [3.63, 3.8) is 0 Å². The van der Waals surface area contributed by atoms with Gasteiger partial charge >= 0.3 is 0 Å². The summed E-state index contributed by atoms with van der Waals surface area (Å²) in [5, 5.41) is 0. The van der Waals surface area contributed by atoms with Gasteiger partial charge in [-0.1, -0.05) is 37.8 Å². The monoisotopic (exact) mass is 272 g/mol. The highest BCUT2D eigenvalue weighted by Gasteiger charge is 2.22. The summed E-state index contributed by atoms with van der Waals surface area (Å²) in [7, 11) is 0. The maximum absolute atomic E-state index is 5.83. The summed E-state index contributed by atoms with van der Waals surface area (Å²) in [5.41, 5.74) is 5.31. The summed E-state index contributed by atoms with van der Waals surface area (Å²) in [6.45, 7) is 0.904. The zero-order chi connectivity index (χ0) is 13.8. The summed E-state index contributed by atoms with van der Waals surface area (Å²) in [6.07, 6.45) is 9.96. The topological polar surface area (TPSA) is 55.9 Å². The Morgan fingerprint density at radius 3 is 2.70 bits per heavy atom. The molecule has 0 bridgehead atoms. The summed E-state index contributed by atoms with van der Waals surface area (Å²) < 4.78 is 2.23. The van der Waals surface area contributed by atoms with Crippen molar-refractivity contribution in [2.45, 2.75) is 51.1 Å². The fourth-order valence-electron chi connectivity index (χ4n) is 3.42. The normalized spacial score (nSPS) is 19.1. The summed E-state index contributed by atoms with van der Waals surface area (Å²) in [5.74, 6) is 6.52. The minimum absolute atomic E-state index is 0.339. The minimum atomic E-state index is 0.339. The average molecular weight is 272 g/mol. The van der Waals surface area contributed by atoms with Crippen molar-refractivity contribution in [1.29, 1.82) is 0 Å². The quantitative estimate of drug-likeness (QED) is 0.511. The van der Waals surface area contributed by atoms with Crippen molar-refractivity contribution in [2.75, 3.05) is 0 Å². The molecule has 3 N–H and O–H groups in total. The van der Waals surface area contributed by atoms with Gasteiger partial charge in [-0.2, -0.15) is 0 Å². The molecule has 108 valence electrons. The lowest BCUT2D eigenvalue weighted by molar-refractivity contribution is 0.295. The standard InChI is InChI=1S/C16H24N4/c17-19-15(13-7-3-1-2-4-8-13)11-20-12-18-14-9-5-6-10-16(14)20/h5-6,9-10,12-13,15,19H,1-4,7-8,11,17H2. The van der Waals surface area contributed by atoms with E-state index in [1.54, 1.807) is 0 Å². The Hall–Kier alpha value is -1.39. The van der Waals surface area contributed by atoms with Gasteiger partial charge in [-0.05, 0) is 30.9 Å². The Kier molecular flexibility index (Phi) is 4.33. The average Bonchev–Trinajstić information content (AvgIpc) is 2.71. The molecule has 0 amide bonds. The number of hydrogen-bond acceptors (Lipinski definition) is 3. The van der Waals surface area contributed by atoms with E-state index in [4.69, 9.17) is 5.84 Å². The van der Waals surface area contributed by atoms with E-state index in [1.165, 1.54) is 44.0 Å². The van der Waals surface area contributed by atoms with Gasteiger partial charge in [-0.15, -0.1) is 0 Å². The lowest BCUT2D eigenvalue weighted by atomic mass is 9.92. The van der Waals surface area contributed by atoms with Gasteiger partial charge in [-0.25, -0.2) is 4.98 Å². The number of nitrogens with one attached hydrogen (secondary N) is 1. The smallest absolute Gasteiger partial charge is 0.0958 e. The van der Waals surface area contributed by atoms with Crippen LogP contribution in [0.3, 0.4) is 0 Å². The van der Waals surface area contributed by atoms with Crippen molar-refractivity contribution < 1.29 is 0 Å². The maximum atomic E-state index is 5.83. The first kappa shape index (κ1) is 13.6. The molecule has 20 heavy (non-hydrogen) atoms. The molecule has 3 rings (SSSR count). The SMILES string of the molecule is NNC(Cn1cnc2ccccc21)C1CCCCCC1. The minimum Gasteiger partial charge on any atom is -0.329 e. The molecule has 1 unspecified atom stereocenters. The molecule has 1 aliphatic carbocycles. The van der Waals surface area contributed by atoms with Crippen LogP contribution < -0.4 is 11.3 Å². The number of nitrogens with two attached hydrogens (primary N) is 1. The third kappa shape index (κ3) is 2.86. The largest absolute Gasteiger partial charge is 0.329 e. The van der Waals surface area contributed by atoms with E-state index in [1.807, 2.05) is 12.4 Å². The van der Waals surface area contributed by atoms with Crippen molar-refractivity contribution in [3.05, 3.63) is 30.6 Å². The maximum Gasteiger partial charge on any atom is 0.0958 e. The van der Waals surface area contributed by atoms with Gasteiger partial charge in [0.05, 0.1) is 17.4 Å². The highest BCUT2D eigenvalue weighted by atomic mass is 15.3. The van der Waals surface area contributed by atoms with Gasteiger partial charge < -0.3 is 4.57 Å². The van der Waals surface area contributed by atoms with Crippen molar-refractivity contribution in [3.8, 4) is 0 Å². The Labute approximate surface area is 120 Å². The van der Waals surface area contributed by atoms with Gasteiger partial charge in [0.2, 0.25) is 0 Å². The molecule has 1 aliphatic rings. The molecule has 1 heterocycles. The molecule has 2 aromatic rings. The van der Waals surface area contributed by atoms with Crippen LogP contribution in [0, 0.1) is 5.92 Å². The molecule has 0 radical (unpaired) electrons. The van der Waals surface area contributed by atoms with E-state index < -0.39 is 0 Å². The van der Waals surface area contributed by atoms with E-state index in [0.717, 1.165) is 12.1 Å². The number of hydrazine groups is 1. The third-order valence-corrected chi connectivity index (χ3v) is 4.60. The summed E-state index contributed by atoms with van der Waals surface area (Å²) >= 11 is 0. The number of para-hydroxylation sites is 2. The van der Waals surface area contributed by atoms with Crippen LogP contribution in [0.4, 0.5) is 0 Å². The molecule has 4 heteroatoms. The van der Waals surface area contributed by atoms with Gasteiger partial charge in [0.25, 0.3) is 0 Å². The molecular formula is C16H24N4. The van der Waals surface area contributed by atoms with E-state index in [-0.39, 0.29) is 0 Å². The first-order valence-electron chi connectivity index (χ1n) is 7.74. The summed E-state index contributed by atoms with van der Waals surface area (Å²) in [6, 6.07) is 8.62. The number of nitrogens with zero attached hydrogens (tertiary/aromatic N) is 2. The van der Waals surface area contributed by atoms with E-state index in [2.05, 4.69) is 33.2 Å². The first-order chi connectivity index (χ1) is 9.88. The molecule has 1 aromatic carbocycles. The first-order valence-corrected chi connectivity index (χ1v) is 7.74. The van der Waals surface area contributed by atoms with Crippen molar-refractivity contribution in [2.24, 2.45) is 11.8 Å². The fraction of sp³-hybridized carbons (Fsp3) is 0.562. The van der Waals surface area contributed by atoms with Crippen LogP contribution in [-0.2, 0) is 6.54 Å².